The van der Waals surface area contributed by atoms with Crippen LogP contribution in [0, 0.1) is 0 Å². The monoisotopic (exact) mass is 277 g/mol. The molecule has 0 atom stereocenters. The lowest BCUT2D eigenvalue weighted by Gasteiger charge is -2.36. The highest BCUT2D eigenvalue weighted by Gasteiger charge is 2.34. The molecule has 1 aliphatic rings. The number of carbonyl (C=O) groups is 1. The first-order chi connectivity index (χ1) is 9.48. The third-order valence-electron chi connectivity index (χ3n) is 3.59. The summed E-state index contributed by atoms with van der Waals surface area (Å²) in [5, 5.41) is 12.8. The van der Waals surface area contributed by atoms with Crippen LogP contribution < -0.4 is 10.1 Å². The van der Waals surface area contributed by atoms with Gasteiger partial charge in [0.25, 0.3) is 0 Å². The van der Waals surface area contributed by atoms with Crippen molar-refractivity contribution in [2.45, 2.75) is 51.2 Å². The van der Waals surface area contributed by atoms with Gasteiger partial charge in [-0.05, 0) is 39.2 Å². The van der Waals surface area contributed by atoms with E-state index in [0.29, 0.717) is 6.54 Å². The second-order valence-electron chi connectivity index (χ2n) is 5.81. The number of para-hydroxylation sites is 1. The summed E-state index contributed by atoms with van der Waals surface area (Å²) in [6.45, 7) is 4.27. The minimum Gasteiger partial charge on any atom is -0.491 e. The third kappa shape index (κ3) is 3.97. The Bertz CT molecular complexity index is 467. The van der Waals surface area contributed by atoms with Crippen molar-refractivity contribution in [2.24, 2.45) is 0 Å². The maximum absolute atomic E-state index is 12.0. The van der Waals surface area contributed by atoms with Crippen LogP contribution in [0.2, 0.25) is 0 Å². The topological polar surface area (TPSA) is 58.6 Å². The molecule has 0 aliphatic heterocycles. The van der Waals surface area contributed by atoms with Crippen molar-refractivity contribution in [2.75, 3.05) is 6.54 Å². The van der Waals surface area contributed by atoms with E-state index >= 15 is 0 Å². The minimum absolute atomic E-state index is 0.0786. The highest BCUT2D eigenvalue weighted by atomic mass is 16.5. The fourth-order valence-electron chi connectivity index (χ4n) is 2.28. The second-order valence-corrected chi connectivity index (χ2v) is 5.81. The smallest absolute Gasteiger partial charge is 0.224 e. The standard InChI is InChI=1S/C16H23NO3/c1-12(2)20-14-7-4-3-6-13(14)10-15(18)17-11-16(19)8-5-9-16/h3-4,6-7,12,19H,5,8-11H2,1-2H3,(H,17,18). The molecule has 1 aromatic rings. The minimum atomic E-state index is -0.677. The molecule has 0 radical (unpaired) electrons. The lowest BCUT2D eigenvalue weighted by molar-refractivity contribution is -0.122. The Balaban J connectivity index is 1.90. The van der Waals surface area contributed by atoms with Gasteiger partial charge in [0.1, 0.15) is 5.75 Å². The van der Waals surface area contributed by atoms with Gasteiger partial charge in [0.15, 0.2) is 0 Å². The lowest BCUT2D eigenvalue weighted by atomic mass is 9.80. The zero-order valence-corrected chi connectivity index (χ0v) is 12.2. The Morgan fingerprint density at radius 1 is 1.40 bits per heavy atom. The van der Waals surface area contributed by atoms with Crippen LogP contribution >= 0.6 is 0 Å². The molecule has 0 spiro atoms. The average Bonchev–Trinajstić information content (AvgIpc) is 2.36. The van der Waals surface area contributed by atoms with Crippen LogP contribution in [0.4, 0.5) is 0 Å². The fourth-order valence-corrected chi connectivity index (χ4v) is 2.28. The molecule has 4 heteroatoms. The molecule has 0 bridgehead atoms. The van der Waals surface area contributed by atoms with Crippen molar-refractivity contribution in [3.8, 4) is 5.75 Å². The van der Waals surface area contributed by atoms with Crippen molar-refractivity contribution in [1.82, 2.24) is 5.32 Å². The predicted molar refractivity (Wildman–Crippen MR) is 77.7 cm³/mol. The van der Waals surface area contributed by atoms with E-state index in [0.717, 1.165) is 30.6 Å². The normalized spacial score (nSPS) is 16.6. The zero-order chi connectivity index (χ0) is 14.6. The number of aliphatic hydroxyl groups is 1. The van der Waals surface area contributed by atoms with E-state index in [-0.39, 0.29) is 18.4 Å². The number of ether oxygens (including phenoxy) is 1. The van der Waals surface area contributed by atoms with E-state index in [4.69, 9.17) is 4.74 Å². The number of hydrogen-bond acceptors (Lipinski definition) is 3. The van der Waals surface area contributed by atoms with E-state index in [1.165, 1.54) is 0 Å². The largest absolute Gasteiger partial charge is 0.491 e. The van der Waals surface area contributed by atoms with Gasteiger partial charge in [-0.3, -0.25) is 4.79 Å². The Kier molecular flexibility index (Phi) is 4.65. The van der Waals surface area contributed by atoms with E-state index in [1.807, 2.05) is 38.1 Å². The molecule has 0 unspecified atom stereocenters. The number of carbonyl (C=O) groups excluding carboxylic acids is 1. The van der Waals surface area contributed by atoms with Crippen LogP contribution in [0.25, 0.3) is 0 Å². The van der Waals surface area contributed by atoms with Gasteiger partial charge in [-0.25, -0.2) is 0 Å². The molecule has 1 saturated carbocycles. The maximum atomic E-state index is 12.0. The molecule has 20 heavy (non-hydrogen) atoms. The summed E-state index contributed by atoms with van der Waals surface area (Å²) in [6.07, 6.45) is 2.95. The Labute approximate surface area is 120 Å². The van der Waals surface area contributed by atoms with Crippen LogP contribution in [0.15, 0.2) is 24.3 Å². The van der Waals surface area contributed by atoms with Gasteiger partial charge in [-0.2, -0.15) is 0 Å². The molecule has 0 aromatic heterocycles. The number of hydrogen-bond donors (Lipinski definition) is 2. The summed E-state index contributed by atoms with van der Waals surface area (Å²) in [5.41, 5.74) is 0.197. The first-order valence-electron chi connectivity index (χ1n) is 7.22. The summed E-state index contributed by atoms with van der Waals surface area (Å²) in [4.78, 5) is 12.0. The number of rotatable bonds is 6. The first kappa shape index (κ1) is 14.9. The quantitative estimate of drug-likeness (QED) is 0.836. The van der Waals surface area contributed by atoms with Crippen LogP contribution in [-0.2, 0) is 11.2 Å². The SMILES string of the molecule is CC(C)Oc1ccccc1CC(=O)NCC1(O)CCC1. The molecule has 2 N–H and O–H groups in total. The van der Waals surface area contributed by atoms with Crippen molar-refractivity contribution in [3.63, 3.8) is 0 Å². The summed E-state index contributed by atoms with van der Waals surface area (Å²) >= 11 is 0. The van der Waals surface area contributed by atoms with E-state index in [2.05, 4.69) is 5.32 Å². The fraction of sp³-hybridized carbons (Fsp3) is 0.562. The average molecular weight is 277 g/mol. The van der Waals surface area contributed by atoms with E-state index in [9.17, 15) is 9.90 Å². The number of benzene rings is 1. The van der Waals surface area contributed by atoms with Crippen molar-refractivity contribution < 1.29 is 14.6 Å². The Morgan fingerprint density at radius 3 is 2.70 bits per heavy atom. The van der Waals surface area contributed by atoms with Crippen molar-refractivity contribution >= 4 is 5.91 Å². The predicted octanol–water partition coefficient (Wildman–Crippen LogP) is 2.05. The molecular weight excluding hydrogens is 254 g/mol. The third-order valence-corrected chi connectivity index (χ3v) is 3.59. The molecule has 1 aliphatic carbocycles. The molecule has 0 saturated heterocycles. The molecule has 0 heterocycles. The highest BCUT2D eigenvalue weighted by Crippen LogP contribution is 2.30. The first-order valence-corrected chi connectivity index (χ1v) is 7.22. The molecule has 2 rings (SSSR count). The lowest BCUT2D eigenvalue weighted by Crippen LogP contribution is -2.48. The summed E-state index contributed by atoms with van der Waals surface area (Å²) in [5.74, 6) is 0.671. The molecule has 1 aromatic carbocycles. The van der Waals surface area contributed by atoms with Gasteiger partial charge in [-0.1, -0.05) is 18.2 Å². The molecule has 4 nitrogen and oxygen atoms in total. The van der Waals surface area contributed by atoms with Crippen molar-refractivity contribution in [3.05, 3.63) is 29.8 Å². The van der Waals surface area contributed by atoms with Gasteiger partial charge in [-0.15, -0.1) is 0 Å². The van der Waals surface area contributed by atoms with Gasteiger partial charge in [0.05, 0.1) is 18.1 Å². The summed E-state index contributed by atoms with van der Waals surface area (Å²) in [7, 11) is 0. The Hall–Kier alpha value is -1.55. The molecule has 1 fully saturated rings. The van der Waals surface area contributed by atoms with Gasteiger partial charge < -0.3 is 15.2 Å². The molecule has 1 amide bonds. The van der Waals surface area contributed by atoms with Crippen LogP contribution in [0.3, 0.4) is 0 Å². The number of nitrogens with one attached hydrogen (secondary N) is 1. The maximum Gasteiger partial charge on any atom is 0.224 e. The van der Waals surface area contributed by atoms with Crippen LogP contribution in [-0.4, -0.2) is 29.3 Å². The van der Waals surface area contributed by atoms with E-state index < -0.39 is 5.60 Å². The van der Waals surface area contributed by atoms with Gasteiger partial charge in [0.2, 0.25) is 5.91 Å². The van der Waals surface area contributed by atoms with Crippen LogP contribution in [0.1, 0.15) is 38.7 Å². The summed E-state index contributed by atoms with van der Waals surface area (Å²) < 4.78 is 5.69. The summed E-state index contributed by atoms with van der Waals surface area (Å²) in [6, 6.07) is 7.57. The van der Waals surface area contributed by atoms with Crippen LogP contribution in [0.5, 0.6) is 5.75 Å². The zero-order valence-electron chi connectivity index (χ0n) is 12.2. The Morgan fingerprint density at radius 2 is 2.10 bits per heavy atom. The highest BCUT2D eigenvalue weighted by molar-refractivity contribution is 5.79. The van der Waals surface area contributed by atoms with Gasteiger partial charge in [0, 0.05) is 12.1 Å². The second kappa shape index (κ2) is 6.27. The number of amides is 1. The molecule has 110 valence electrons. The van der Waals surface area contributed by atoms with E-state index in [1.54, 1.807) is 0 Å². The van der Waals surface area contributed by atoms with Gasteiger partial charge >= 0.3 is 0 Å². The molecular formula is C16H23NO3. The van der Waals surface area contributed by atoms with Crippen molar-refractivity contribution in [1.29, 1.82) is 0 Å².